The van der Waals surface area contributed by atoms with E-state index in [2.05, 4.69) is 21.3 Å². The van der Waals surface area contributed by atoms with Crippen molar-refractivity contribution in [2.75, 3.05) is 38.2 Å². The molecule has 8 heteroatoms. The van der Waals surface area contributed by atoms with Crippen molar-refractivity contribution in [2.24, 2.45) is 5.92 Å². The van der Waals surface area contributed by atoms with Crippen LogP contribution < -0.4 is 10.2 Å². The predicted molar refractivity (Wildman–Crippen MR) is 99.0 cm³/mol. The Morgan fingerprint density at radius 2 is 1.89 bits per heavy atom. The number of ether oxygens (including phenoxy) is 1. The number of carbonyl (C=O) groups is 2. The molecule has 1 N–H and O–H groups in total. The number of hydrogen-bond acceptors (Lipinski definition) is 6. The minimum Gasteiger partial charge on any atom is -0.469 e. The zero-order valence-corrected chi connectivity index (χ0v) is 15.6. The van der Waals surface area contributed by atoms with Crippen LogP contribution in [0.3, 0.4) is 0 Å². The van der Waals surface area contributed by atoms with Crippen molar-refractivity contribution in [3.05, 3.63) is 23.9 Å². The van der Waals surface area contributed by atoms with Crippen molar-refractivity contribution >= 4 is 17.8 Å². The molecule has 0 bridgehead atoms. The van der Waals surface area contributed by atoms with Gasteiger partial charge < -0.3 is 19.9 Å². The molecule has 2 saturated heterocycles. The maximum Gasteiger partial charge on any atom is 0.317 e. The molecule has 0 aromatic carbocycles. The fraction of sp³-hybridized carbons (Fsp3) is 0.579. The Hall–Kier alpha value is -2.82. The van der Waals surface area contributed by atoms with E-state index in [0.717, 1.165) is 31.7 Å². The summed E-state index contributed by atoms with van der Waals surface area (Å²) < 4.78 is 4.78. The first kappa shape index (κ1) is 19.0. The van der Waals surface area contributed by atoms with Crippen LogP contribution in [0.5, 0.6) is 0 Å². The van der Waals surface area contributed by atoms with Crippen LogP contribution in [0.4, 0.5) is 10.6 Å². The van der Waals surface area contributed by atoms with E-state index in [4.69, 9.17) is 10.00 Å². The summed E-state index contributed by atoms with van der Waals surface area (Å²) in [7, 11) is 1.40. The Morgan fingerprint density at radius 1 is 1.19 bits per heavy atom. The van der Waals surface area contributed by atoms with Crippen molar-refractivity contribution in [3.63, 3.8) is 0 Å². The molecule has 2 amide bonds. The first-order valence-electron chi connectivity index (χ1n) is 9.35. The van der Waals surface area contributed by atoms with Gasteiger partial charge in [0.15, 0.2) is 0 Å². The number of hydrogen-bond donors (Lipinski definition) is 1. The van der Waals surface area contributed by atoms with E-state index in [9.17, 15) is 9.59 Å². The van der Waals surface area contributed by atoms with Gasteiger partial charge in [-0.05, 0) is 37.8 Å². The maximum atomic E-state index is 12.5. The molecule has 0 atom stereocenters. The Kier molecular flexibility index (Phi) is 6.12. The maximum absolute atomic E-state index is 12.5. The molecule has 1 aromatic heterocycles. The molecule has 0 spiro atoms. The molecule has 2 fully saturated rings. The molecule has 27 heavy (non-hydrogen) atoms. The van der Waals surface area contributed by atoms with Gasteiger partial charge in [0.1, 0.15) is 11.9 Å². The van der Waals surface area contributed by atoms with Gasteiger partial charge in [0.2, 0.25) is 0 Å². The topological polar surface area (TPSA) is 98.6 Å². The number of methoxy groups -OCH3 is 1. The highest BCUT2D eigenvalue weighted by atomic mass is 16.5. The number of pyridine rings is 1. The lowest BCUT2D eigenvalue weighted by atomic mass is 9.97. The molecule has 0 radical (unpaired) electrons. The Morgan fingerprint density at radius 3 is 2.44 bits per heavy atom. The van der Waals surface area contributed by atoms with E-state index in [1.807, 2.05) is 6.07 Å². The third kappa shape index (κ3) is 4.67. The highest BCUT2D eigenvalue weighted by Crippen LogP contribution is 2.20. The summed E-state index contributed by atoms with van der Waals surface area (Å²) in [4.78, 5) is 32.3. The highest BCUT2D eigenvalue weighted by molar-refractivity contribution is 5.76. The second-order valence-electron chi connectivity index (χ2n) is 7.01. The molecule has 2 aliphatic heterocycles. The summed E-state index contributed by atoms with van der Waals surface area (Å²) in [6, 6.07) is 5.80. The SMILES string of the molecule is COC(=O)C1CCN(C(=O)NC2CCN(c3ccc(C#N)cn3)CC2)CC1. The number of piperidine rings is 2. The molecule has 144 valence electrons. The normalized spacial score (nSPS) is 18.7. The molecule has 1 aromatic rings. The number of likely N-dealkylation sites (tertiary alicyclic amines) is 1. The van der Waals surface area contributed by atoms with Crippen LogP contribution in [-0.4, -0.2) is 61.2 Å². The van der Waals surface area contributed by atoms with Crippen molar-refractivity contribution in [2.45, 2.75) is 31.7 Å². The molecule has 3 rings (SSSR count). The fourth-order valence-electron chi connectivity index (χ4n) is 3.64. The van der Waals surface area contributed by atoms with Crippen LogP contribution in [0, 0.1) is 17.2 Å². The summed E-state index contributed by atoms with van der Waals surface area (Å²) in [5.74, 6) is 0.588. The number of rotatable bonds is 3. The van der Waals surface area contributed by atoms with Crippen LogP contribution in [-0.2, 0) is 9.53 Å². The number of nitrogens with zero attached hydrogens (tertiary/aromatic N) is 4. The average molecular weight is 371 g/mol. The predicted octanol–water partition coefficient (Wildman–Crippen LogP) is 1.52. The van der Waals surface area contributed by atoms with Gasteiger partial charge in [0, 0.05) is 38.4 Å². The Labute approximate surface area is 159 Å². The molecule has 8 nitrogen and oxygen atoms in total. The number of urea groups is 1. The number of nitrogens with one attached hydrogen (secondary N) is 1. The lowest BCUT2D eigenvalue weighted by molar-refractivity contribution is -0.146. The number of esters is 1. The average Bonchev–Trinajstić information content (AvgIpc) is 2.74. The summed E-state index contributed by atoms with van der Waals surface area (Å²) in [6.07, 6.45) is 4.60. The third-order valence-corrected chi connectivity index (χ3v) is 5.34. The van der Waals surface area contributed by atoms with Gasteiger partial charge in [-0.2, -0.15) is 5.26 Å². The van der Waals surface area contributed by atoms with E-state index in [1.165, 1.54) is 7.11 Å². The van der Waals surface area contributed by atoms with E-state index >= 15 is 0 Å². The Bertz CT molecular complexity index is 699. The molecule has 2 aliphatic rings. The van der Waals surface area contributed by atoms with Gasteiger partial charge >= 0.3 is 12.0 Å². The first-order chi connectivity index (χ1) is 13.1. The summed E-state index contributed by atoms with van der Waals surface area (Å²) >= 11 is 0. The van der Waals surface area contributed by atoms with Gasteiger partial charge in [0.25, 0.3) is 0 Å². The number of nitriles is 1. The molecular weight excluding hydrogens is 346 g/mol. The third-order valence-electron chi connectivity index (χ3n) is 5.34. The minimum absolute atomic E-state index is 0.0479. The van der Waals surface area contributed by atoms with Gasteiger partial charge in [-0.3, -0.25) is 4.79 Å². The quantitative estimate of drug-likeness (QED) is 0.809. The van der Waals surface area contributed by atoms with Crippen LogP contribution in [0.1, 0.15) is 31.2 Å². The molecule has 0 aliphatic carbocycles. The highest BCUT2D eigenvalue weighted by Gasteiger charge is 2.29. The van der Waals surface area contributed by atoms with Crippen LogP contribution in [0.15, 0.2) is 18.3 Å². The van der Waals surface area contributed by atoms with E-state index in [1.54, 1.807) is 17.2 Å². The van der Waals surface area contributed by atoms with E-state index < -0.39 is 0 Å². The molecule has 0 unspecified atom stereocenters. The summed E-state index contributed by atoms with van der Waals surface area (Å²) in [5, 5.41) is 12.0. The largest absolute Gasteiger partial charge is 0.469 e. The lowest BCUT2D eigenvalue weighted by Crippen LogP contribution is -2.51. The molecule has 0 saturated carbocycles. The minimum atomic E-state index is -0.182. The van der Waals surface area contributed by atoms with Gasteiger partial charge in [-0.1, -0.05) is 0 Å². The van der Waals surface area contributed by atoms with Crippen molar-refractivity contribution in [3.8, 4) is 6.07 Å². The second kappa shape index (κ2) is 8.71. The monoisotopic (exact) mass is 371 g/mol. The second-order valence-corrected chi connectivity index (χ2v) is 7.01. The van der Waals surface area contributed by atoms with E-state index in [0.29, 0.717) is 31.5 Å². The lowest BCUT2D eigenvalue weighted by Gasteiger charge is -2.36. The van der Waals surface area contributed by atoms with Crippen molar-refractivity contribution < 1.29 is 14.3 Å². The number of amides is 2. The van der Waals surface area contributed by atoms with Crippen LogP contribution in [0.2, 0.25) is 0 Å². The molecule has 3 heterocycles. The summed E-state index contributed by atoms with van der Waals surface area (Å²) in [6.45, 7) is 2.79. The fourth-order valence-corrected chi connectivity index (χ4v) is 3.64. The smallest absolute Gasteiger partial charge is 0.317 e. The zero-order chi connectivity index (χ0) is 19.2. The standard InChI is InChI=1S/C19H25N5O3/c1-27-18(25)15-4-8-24(9-5-15)19(26)22-16-6-10-23(11-7-16)17-3-2-14(12-20)13-21-17/h2-3,13,15-16H,4-11H2,1H3,(H,22,26). The summed E-state index contributed by atoms with van der Waals surface area (Å²) in [5.41, 5.74) is 0.553. The van der Waals surface area contributed by atoms with Gasteiger partial charge in [-0.25, -0.2) is 9.78 Å². The van der Waals surface area contributed by atoms with Crippen LogP contribution in [0.25, 0.3) is 0 Å². The van der Waals surface area contributed by atoms with Gasteiger partial charge in [-0.15, -0.1) is 0 Å². The van der Waals surface area contributed by atoms with Crippen LogP contribution >= 0.6 is 0 Å². The first-order valence-corrected chi connectivity index (χ1v) is 9.35. The Balaban J connectivity index is 1.43. The van der Waals surface area contributed by atoms with Gasteiger partial charge in [0.05, 0.1) is 18.6 Å². The van der Waals surface area contributed by atoms with Crippen molar-refractivity contribution in [1.82, 2.24) is 15.2 Å². The number of aromatic nitrogens is 1. The van der Waals surface area contributed by atoms with E-state index in [-0.39, 0.29) is 24.0 Å². The zero-order valence-electron chi connectivity index (χ0n) is 15.6. The van der Waals surface area contributed by atoms with Crippen molar-refractivity contribution in [1.29, 1.82) is 5.26 Å². The number of anilines is 1. The number of carbonyl (C=O) groups excluding carboxylic acids is 2. The molecular formula is C19H25N5O3.